The third-order valence-electron chi connectivity index (χ3n) is 5.03. The van der Waals surface area contributed by atoms with Crippen molar-refractivity contribution in [3.63, 3.8) is 0 Å². The Balaban J connectivity index is 1.29. The molecule has 1 N–H and O–H groups in total. The monoisotopic (exact) mass is 442 g/mol. The van der Waals surface area contributed by atoms with Crippen LogP contribution in [-0.2, 0) is 6.54 Å². The van der Waals surface area contributed by atoms with Crippen LogP contribution in [0, 0.1) is 0 Å². The van der Waals surface area contributed by atoms with Crippen molar-refractivity contribution >= 4 is 34.7 Å². The Morgan fingerprint density at radius 1 is 1.17 bits per heavy atom. The van der Waals surface area contributed by atoms with E-state index < -0.39 is 0 Å². The van der Waals surface area contributed by atoms with E-state index in [1.165, 1.54) is 0 Å². The Morgan fingerprint density at radius 3 is 2.67 bits per heavy atom. The Hall–Kier alpha value is -2.61. The number of thiazole rings is 1. The molecule has 0 aliphatic carbocycles. The molecule has 6 nitrogen and oxygen atoms in total. The number of methoxy groups -OCH3 is 1. The lowest BCUT2D eigenvalue weighted by atomic mass is 10.2. The van der Waals surface area contributed by atoms with Gasteiger partial charge >= 0.3 is 6.03 Å². The highest BCUT2D eigenvalue weighted by Gasteiger charge is 2.22. The highest BCUT2D eigenvalue weighted by Crippen LogP contribution is 2.26. The van der Waals surface area contributed by atoms with Gasteiger partial charge in [-0.05, 0) is 36.4 Å². The second-order valence-electron chi connectivity index (χ2n) is 7.06. The van der Waals surface area contributed by atoms with Crippen molar-refractivity contribution in [2.75, 3.05) is 38.6 Å². The minimum Gasteiger partial charge on any atom is -0.497 e. The quantitative estimate of drug-likeness (QED) is 0.615. The standard InChI is InChI=1S/C22H23ClN4O2S/c1-29-19-4-2-3-16(13-19)20-15-30-21(25-20)14-26-9-11-27(12-10-26)22(28)24-18-7-5-17(23)6-8-18/h2-8,13,15H,9-12,14H2,1H3,(H,24,28). The molecule has 1 aliphatic heterocycles. The van der Waals surface area contributed by atoms with Gasteiger partial charge in [-0.3, -0.25) is 4.90 Å². The third kappa shape index (κ3) is 5.11. The van der Waals surface area contributed by atoms with Crippen LogP contribution in [0.2, 0.25) is 5.02 Å². The first-order chi connectivity index (χ1) is 14.6. The molecule has 1 aliphatic rings. The fourth-order valence-corrected chi connectivity index (χ4v) is 4.31. The summed E-state index contributed by atoms with van der Waals surface area (Å²) in [5.74, 6) is 0.829. The van der Waals surface area contributed by atoms with E-state index in [2.05, 4.69) is 15.6 Å². The number of amides is 2. The minimum absolute atomic E-state index is 0.0773. The Morgan fingerprint density at radius 2 is 1.93 bits per heavy atom. The number of benzene rings is 2. The van der Waals surface area contributed by atoms with Crippen LogP contribution in [0.1, 0.15) is 5.01 Å². The molecule has 8 heteroatoms. The van der Waals surface area contributed by atoms with Crippen LogP contribution in [0.5, 0.6) is 5.75 Å². The average molecular weight is 443 g/mol. The van der Waals surface area contributed by atoms with E-state index in [-0.39, 0.29) is 6.03 Å². The lowest BCUT2D eigenvalue weighted by Gasteiger charge is -2.34. The highest BCUT2D eigenvalue weighted by molar-refractivity contribution is 7.09. The van der Waals surface area contributed by atoms with Crippen LogP contribution in [0.4, 0.5) is 10.5 Å². The normalized spacial score (nSPS) is 14.5. The number of hydrogen-bond acceptors (Lipinski definition) is 5. The van der Waals surface area contributed by atoms with Gasteiger partial charge in [-0.25, -0.2) is 9.78 Å². The number of piperazine rings is 1. The van der Waals surface area contributed by atoms with Crippen molar-refractivity contribution in [1.82, 2.24) is 14.8 Å². The number of rotatable bonds is 5. The van der Waals surface area contributed by atoms with Gasteiger partial charge in [0.25, 0.3) is 0 Å². The van der Waals surface area contributed by atoms with E-state index in [1.807, 2.05) is 29.2 Å². The molecule has 2 heterocycles. The fourth-order valence-electron chi connectivity index (χ4n) is 3.33. The number of nitrogens with zero attached hydrogens (tertiary/aromatic N) is 3. The second kappa shape index (κ2) is 9.47. The SMILES string of the molecule is COc1cccc(-c2csc(CN3CCN(C(=O)Nc4ccc(Cl)cc4)CC3)n2)c1. The maximum atomic E-state index is 12.5. The first-order valence-corrected chi connectivity index (χ1v) is 11.0. The van der Waals surface area contributed by atoms with Gasteiger partial charge in [-0.2, -0.15) is 0 Å². The summed E-state index contributed by atoms with van der Waals surface area (Å²) in [4.78, 5) is 21.4. The summed E-state index contributed by atoms with van der Waals surface area (Å²) < 4.78 is 5.30. The molecule has 2 amide bonds. The predicted molar refractivity (Wildman–Crippen MR) is 121 cm³/mol. The summed E-state index contributed by atoms with van der Waals surface area (Å²) in [6.45, 7) is 3.81. The second-order valence-corrected chi connectivity index (χ2v) is 8.44. The molecule has 1 saturated heterocycles. The van der Waals surface area contributed by atoms with Crippen molar-refractivity contribution in [1.29, 1.82) is 0 Å². The van der Waals surface area contributed by atoms with Gasteiger partial charge in [0.1, 0.15) is 10.8 Å². The number of ether oxygens (including phenoxy) is 1. The van der Waals surface area contributed by atoms with Crippen molar-refractivity contribution in [3.8, 4) is 17.0 Å². The van der Waals surface area contributed by atoms with E-state index in [4.69, 9.17) is 21.3 Å². The maximum Gasteiger partial charge on any atom is 0.321 e. The van der Waals surface area contributed by atoms with Gasteiger partial charge in [0, 0.05) is 47.8 Å². The molecule has 2 aromatic carbocycles. The lowest BCUT2D eigenvalue weighted by Crippen LogP contribution is -2.49. The van der Waals surface area contributed by atoms with Gasteiger partial charge in [0.15, 0.2) is 0 Å². The summed E-state index contributed by atoms with van der Waals surface area (Å²) in [6.07, 6.45) is 0. The van der Waals surface area contributed by atoms with Gasteiger partial charge in [-0.15, -0.1) is 11.3 Å². The molecule has 156 valence electrons. The summed E-state index contributed by atoms with van der Waals surface area (Å²) in [6, 6.07) is 15.0. The zero-order valence-corrected chi connectivity index (χ0v) is 18.2. The largest absolute Gasteiger partial charge is 0.497 e. The van der Waals surface area contributed by atoms with Crippen LogP contribution in [0.3, 0.4) is 0 Å². The van der Waals surface area contributed by atoms with Gasteiger partial charge in [-0.1, -0.05) is 23.7 Å². The molecule has 4 rings (SSSR count). The van der Waals surface area contributed by atoms with Gasteiger partial charge < -0.3 is 15.0 Å². The molecule has 1 aromatic heterocycles. The topological polar surface area (TPSA) is 57.7 Å². The molecule has 0 spiro atoms. The molecular weight excluding hydrogens is 420 g/mol. The first kappa shape index (κ1) is 20.7. The van der Waals surface area contributed by atoms with Crippen LogP contribution >= 0.6 is 22.9 Å². The Bertz CT molecular complexity index is 1000. The lowest BCUT2D eigenvalue weighted by molar-refractivity contribution is 0.143. The third-order valence-corrected chi connectivity index (χ3v) is 6.12. The summed E-state index contributed by atoms with van der Waals surface area (Å²) >= 11 is 7.56. The number of carbonyl (C=O) groups is 1. The molecule has 0 bridgehead atoms. The van der Waals surface area contributed by atoms with E-state index in [1.54, 1.807) is 42.7 Å². The fraction of sp³-hybridized carbons (Fsp3) is 0.273. The van der Waals surface area contributed by atoms with Crippen LogP contribution in [0.25, 0.3) is 11.3 Å². The number of aromatic nitrogens is 1. The first-order valence-electron chi connectivity index (χ1n) is 9.73. The number of hydrogen-bond donors (Lipinski definition) is 1. The zero-order valence-electron chi connectivity index (χ0n) is 16.7. The molecule has 30 heavy (non-hydrogen) atoms. The molecule has 0 radical (unpaired) electrons. The molecule has 1 fully saturated rings. The van der Waals surface area contributed by atoms with E-state index in [9.17, 15) is 4.79 Å². The predicted octanol–water partition coefficient (Wildman–Crippen LogP) is 4.82. The molecule has 0 saturated carbocycles. The molecule has 0 atom stereocenters. The number of urea groups is 1. The van der Waals surface area contributed by atoms with E-state index in [0.717, 1.165) is 47.3 Å². The minimum atomic E-state index is -0.0773. The van der Waals surface area contributed by atoms with Crippen molar-refractivity contribution < 1.29 is 9.53 Å². The zero-order chi connectivity index (χ0) is 20.9. The van der Waals surface area contributed by atoms with Gasteiger partial charge in [0.05, 0.1) is 19.3 Å². The van der Waals surface area contributed by atoms with E-state index in [0.29, 0.717) is 18.1 Å². The van der Waals surface area contributed by atoms with Crippen molar-refractivity contribution in [2.45, 2.75) is 6.54 Å². The van der Waals surface area contributed by atoms with Crippen LogP contribution < -0.4 is 10.1 Å². The number of anilines is 1. The van der Waals surface area contributed by atoms with Gasteiger partial charge in [0.2, 0.25) is 0 Å². The number of halogens is 1. The number of carbonyl (C=O) groups excluding carboxylic acids is 1. The van der Waals surface area contributed by atoms with Crippen LogP contribution in [0.15, 0.2) is 53.9 Å². The van der Waals surface area contributed by atoms with Crippen molar-refractivity contribution in [3.05, 3.63) is 63.9 Å². The Labute approximate surface area is 185 Å². The number of nitrogens with one attached hydrogen (secondary N) is 1. The summed E-state index contributed by atoms with van der Waals surface area (Å²) in [5, 5.41) is 6.73. The maximum absolute atomic E-state index is 12.5. The molecular formula is C22H23ClN4O2S. The van der Waals surface area contributed by atoms with E-state index >= 15 is 0 Å². The summed E-state index contributed by atoms with van der Waals surface area (Å²) in [7, 11) is 1.67. The smallest absolute Gasteiger partial charge is 0.321 e. The highest BCUT2D eigenvalue weighted by atomic mass is 35.5. The van der Waals surface area contributed by atoms with Crippen LogP contribution in [-0.4, -0.2) is 54.1 Å². The van der Waals surface area contributed by atoms with Crippen molar-refractivity contribution in [2.24, 2.45) is 0 Å². The summed E-state index contributed by atoms with van der Waals surface area (Å²) in [5.41, 5.74) is 2.77. The Kier molecular flexibility index (Phi) is 6.52. The molecule has 3 aromatic rings. The average Bonchev–Trinajstić information content (AvgIpc) is 3.24. The molecule has 0 unspecified atom stereocenters.